The molecule has 0 unspecified atom stereocenters. The van der Waals surface area contributed by atoms with Crippen LogP contribution >= 0.6 is 11.3 Å². The number of anilines is 1. The number of ether oxygens (including phenoxy) is 1. The minimum atomic E-state index is -0.387. The summed E-state index contributed by atoms with van der Waals surface area (Å²) in [6.07, 6.45) is 0. The Bertz CT molecular complexity index is 944. The second-order valence-electron chi connectivity index (χ2n) is 5.63. The van der Waals surface area contributed by atoms with Crippen LogP contribution in [-0.2, 0) is 4.74 Å². The van der Waals surface area contributed by atoms with Crippen molar-refractivity contribution in [1.29, 1.82) is 0 Å². The molecule has 7 heteroatoms. The van der Waals surface area contributed by atoms with Crippen molar-refractivity contribution in [3.63, 3.8) is 0 Å². The number of aromatic nitrogens is 1. The standard InChI is InChI=1S/C19H18N2O4S/c1-4-24-19(23)17-11(2)10-14(26-17)20-18(22)15-12(3)25-21-16(15)13-8-6-5-7-9-13/h5-10H,4H2,1-3H3,(H,20,22). The van der Waals surface area contributed by atoms with Gasteiger partial charge in [0.1, 0.15) is 21.9 Å². The molecule has 0 aliphatic heterocycles. The number of nitrogens with zero attached hydrogens (tertiary/aromatic N) is 1. The molecule has 1 aromatic carbocycles. The zero-order valence-corrected chi connectivity index (χ0v) is 15.5. The molecular weight excluding hydrogens is 352 g/mol. The third-order valence-corrected chi connectivity index (χ3v) is 4.88. The topological polar surface area (TPSA) is 81.4 Å². The van der Waals surface area contributed by atoms with Gasteiger partial charge >= 0.3 is 5.97 Å². The van der Waals surface area contributed by atoms with Crippen LogP contribution in [0.15, 0.2) is 40.9 Å². The summed E-state index contributed by atoms with van der Waals surface area (Å²) in [6.45, 7) is 5.55. The Morgan fingerprint density at radius 1 is 1.23 bits per heavy atom. The van der Waals surface area contributed by atoms with E-state index in [2.05, 4.69) is 10.5 Å². The monoisotopic (exact) mass is 370 g/mol. The lowest BCUT2D eigenvalue weighted by Crippen LogP contribution is -2.12. The predicted molar refractivity (Wildman–Crippen MR) is 99.6 cm³/mol. The van der Waals surface area contributed by atoms with E-state index in [1.165, 1.54) is 11.3 Å². The molecule has 0 radical (unpaired) electrons. The Balaban J connectivity index is 1.87. The highest BCUT2D eigenvalue weighted by Crippen LogP contribution is 2.30. The summed E-state index contributed by atoms with van der Waals surface area (Å²) in [5, 5.41) is 7.41. The molecule has 0 bridgehead atoms. The molecule has 2 heterocycles. The van der Waals surface area contributed by atoms with Crippen LogP contribution < -0.4 is 5.32 Å². The Kier molecular flexibility index (Phi) is 5.18. The van der Waals surface area contributed by atoms with Crippen molar-refractivity contribution in [2.45, 2.75) is 20.8 Å². The molecule has 1 N–H and O–H groups in total. The van der Waals surface area contributed by atoms with Gasteiger partial charge in [-0.25, -0.2) is 4.79 Å². The van der Waals surface area contributed by atoms with Crippen molar-refractivity contribution in [3.8, 4) is 11.3 Å². The van der Waals surface area contributed by atoms with E-state index in [9.17, 15) is 9.59 Å². The van der Waals surface area contributed by atoms with Gasteiger partial charge in [0, 0.05) is 5.56 Å². The molecule has 0 atom stereocenters. The first kappa shape index (κ1) is 17.9. The highest BCUT2D eigenvalue weighted by Gasteiger charge is 2.23. The fourth-order valence-electron chi connectivity index (χ4n) is 2.55. The Morgan fingerprint density at radius 2 is 1.96 bits per heavy atom. The maximum atomic E-state index is 12.8. The van der Waals surface area contributed by atoms with E-state index in [0.29, 0.717) is 33.5 Å². The molecular formula is C19H18N2O4S. The quantitative estimate of drug-likeness (QED) is 0.671. The summed E-state index contributed by atoms with van der Waals surface area (Å²) in [5.74, 6) is -0.291. The van der Waals surface area contributed by atoms with E-state index in [1.807, 2.05) is 30.3 Å². The van der Waals surface area contributed by atoms with E-state index in [0.717, 1.165) is 11.1 Å². The lowest BCUT2D eigenvalue weighted by atomic mass is 10.1. The van der Waals surface area contributed by atoms with Gasteiger partial charge in [-0.15, -0.1) is 11.3 Å². The van der Waals surface area contributed by atoms with Crippen LogP contribution in [-0.4, -0.2) is 23.6 Å². The van der Waals surface area contributed by atoms with E-state index in [-0.39, 0.29) is 11.9 Å². The van der Waals surface area contributed by atoms with Crippen LogP contribution in [0, 0.1) is 13.8 Å². The Labute approximate surface area is 154 Å². The van der Waals surface area contributed by atoms with E-state index < -0.39 is 0 Å². The first-order chi connectivity index (χ1) is 12.5. The molecule has 0 aliphatic carbocycles. The number of carbonyl (C=O) groups is 2. The van der Waals surface area contributed by atoms with Gasteiger partial charge in [-0.2, -0.15) is 0 Å². The van der Waals surface area contributed by atoms with Gasteiger partial charge < -0.3 is 14.6 Å². The van der Waals surface area contributed by atoms with E-state index >= 15 is 0 Å². The molecule has 0 spiro atoms. The van der Waals surface area contributed by atoms with Crippen LogP contribution in [0.1, 0.15) is 38.3 Å². The van der Waals surface area contributed by atoms with Crippen molar-refractivity contribution < 1.29 is 18.8 Å². The van der Waals surface area contributed by atoms with Crippen LogP contribution in [0.4, 0.5) is 5.00 Å². The number of esters is 1. The van der Waals surface area contributed by atoms with Crippen molar-refractivity contribution in [1.82, 2.24) is 5.16 Å². The van der Waals surface area contributed by atoms with E-state index in [1.54, 1.807) is 26.8 Å². The number of hydrogen-bond donors (Lipinski definition) is 1. The number of amides is 1. The van der Waals surface area contributed by atoms with Crippen molar-refractivity contribution in [2.75, 3.05) is 11.9 Å². The zero-order valence-electron chi connectivity index (χ0n) is 14.7. The SMILES string of the molecule is CCOC(=O)c1sc(NC(=O)c2c(-c3ccccc3)noc2C)cc1C. The predicted octanol–water partition coefficient (Wildman–Crippen LogP) is 4.45. The molecule has 134 valence electrons. The third-order valence-electron chi connectivity index (χ3n) is 3.75. The Morgan fingerprint density at radius 3 is 2.65 bits per heavy atom. The first-order valence-electron chi connectivity index (χ1n) is 8.11. The molecule has 26 heavy (non-hydrogen) atoms. The molecule has 0 saturated carbocycles. The second-order valence-corrected chi connectivity index (χ2v) is 6.68. The maximum absolute atomic E-state index is 12.8. The van der Waals surface area contributed by atoms with Gasteiger partial charge in [-0.3, -0.25) is 4.79 Å². The van der Waals surface area contributed by atoms with Gasteiger partial charge in [0.05, 0.1) is 11.6 Å². The summed E-state index contributed by atoms with van der Waals surface area (Å²) in [4.78, 5) is 25.2. The normalized spacial score (nSPS) is 10.6. The number of nitrogens with one attached hydrogen (secondary N) is 1. The summed E-state index contributed by atoms with van der Waals surface area (Å²) < 4.78 is 10.3. The molecule has 3 aromatic rings. The minimum absolute atomic E-state index is 0.304. The number of carbonyl (C=O) groups excluding carboxylic acids is 2. The summed E-state index contributed by atoms with van der Waals surface area (Å²) in [7, 11) is 0. The summed E-state index contributed by atoms with van der Waals surface area (Å²) in [6, 6.07) is 11.1. The van der Waals surface area contributed by atoms with Gasteiger partial charge in [0.25, 0.3) is 5.91 Å². The lowest BCUT2D eigenvalue weighted by Gasteiger charge is -2.03. The number of aryl methyl sites for hydroxylation is 2. The van der Waals surface area contributed by atoms with Crippen molar-refractivity contribution in [2.24, 2.45) is 0 Å². The number of benzene rings is 1. The fourth-order valence-corrected chi connectivity index (χ4v) is 3.51. The van der Waals surface area contributed by atoms with Crippen LogP contribution in [0.25, 0.3) is 11.3 Å². The number of hydrogen-bond acceptors (Lipinski definition) is 6. The van der Waals surface area contributed by atoms with Crippen LogP contribution in [0.5, 0.6) is 0 Å². The third kappa shape index (κ3) is 3.52. The minimum Gasteiger partial charge on any atom is -0.462 e. The van der Waals surface area contributed by atoms with Gasteiger partial charge in [-0.05, 0) is 32.4 Å². The van der Waals surface area contributed by atoms with Crippen LogP contribution in [0.3, 0.4) is 0 Å². The molecule has 1 amide bonds. The van der Waals surface area contributed by atoms with E-state index in [4.69, 9.17) is 9.26 Å². The van der Waals surface area contributed by atoms with Crippen molar-refractivity contribution >= 4 is 28.2 Å². The lowest BCUT2D eigenvalue weighted by molar-refractivity contribution is 0.0531. The number of thiophene rings is 1. The maximum Gasteiger partial charge on any atom is 0.348 e. The zero-order chi connectivity index (χ0) is 18.7. The largest absolute Gasteiger partial charge is 0.462 e. The molecule has 2 aromatic heterocycles. The highest BCUT2D eigenvalue weighted by atomic mass is 32.1. The van der Waals surface area contributed by atoms with Gasteiger partial charge in [0.15, 0.2) is 0 Å². The van der Waals surface area contributed by atoms with Gasteiger partial charge in [-0.1, -0.05) is 35.5 Å². The molecule has 0 aliphatic rings. The molecule has 0 fully saturated rings. The Hall–Kier alpha value is -2.93. The molecule has 6 nitrogen and oxygen atoms in total. The average Bonchev–Trinajstić information content (AvgIpc) is 3.18. The highest BCUT2D eigenvalue weighted by molar-refractivity contribution is 7.18. The van der Waals surface area contributed by atoms with Crippen molar-refractivity contribution in [3.05, 3.63) is 58.2 Å². The summed E-state index contributed by atoms with van der Waals surface area (Å²) in [5.41, 5.74) is 2.41. The molecule has 3 rings (SSSR count). The molecule has 0 saturated heterocycles. The average molecular weight is 370 g/mol. The van der Waals surface area contributed by atoms with Crippen LogP contribution in [0.2, 0.25) is 0 Å². The van der Waals surface area contributed by atoms with Gasteiger partial charge in [0.2, 0.25) is 0 Å². The fraction of sp³-hybridized carbons (Fsp3) is 0.211. The summed E-state index contributed by atoms with van der Waals surface area (Å²) >= 11 is 1.18. The number of rotatable bonds is 5. The smallest absolute Gasteiger partial charge is 0.348 e. The second kappa shape index (κ2) is 7.53. The first-order valence-corrected chi connectivity index (χ1v) is 8.93.